The Labute approximate surface area is 130 Å². The Morgan fingerprint density at radius 1 is 1.10 bits per heavy atom. The van der Waals surface area contributed by atoms with E-state index in [9.17, 15) is 0 Å². The maximum absolute atomic E-state index is 3.59. The lowest BCUT2D eigenvalue weighted by Gasteiger charge is -2.32. The van der Waals surface area contributed by atoms with Crippen molar-refractivity contribution in [2.45, 2.75) is 25.8 Å². The molecule has 2 aromatic rings. The summed E-state index contributed by atoms with van der Waals surface area (Å²) in [5.74, 6) is 0.873. The molecule has 20 heavy (non-hydrogen) atoms. The molecule has 0 radical (unpaired) electrons. The molecule has 0 N–H and O–H groups in total. The van der Waals surface area contributed by atoms with Crippen LogP contribution >= 0.6 is 15.9 Å². The quantitative estimate of drug-likeness (QED) is 0.725. The lowest BCUT2D eigenvalue weighted by atomic mass is 9.95. The Balaban J connectivity index is 1.76. The van der Waals surface area contributed by atoms with Crippen molar-refractivity contribution < 1.29 is 0 Å². The second kappa shape index (κ2) is 6.73. The van der Waals surface area contributed by atoms with Gasteiger partial charge in [-0.2, -0.15) is 0 Å². The fourth-order valence-electron chi connectivity index (χ4n) is 3.36. The fourth-order valence-corrected chi connectivity index (χ4v) is 4.00. The zero-order valence-electron chi connectivity index (χ0n) is 11.9. The van der Waals surface area contributed by atoms with Crippen molar-refractivity contribution in [2.75, 3.05) is 18.4 Å². The molecule has 2 aromatic carbocycles. The highest BCUT2D eigenvalue weighted by Gasteiger charge is 2.19. The third kappa shape index (κ3) is 3.24. The van der Waals surface area contributed by atoms with Gasteiger partial charge in [0.25, 0.3) is 0 Å². The van der Waals surface area contributed by atoms with Gasteiger partial charge in [0.05, 0.1) is 0 Å². The first kappa shape index (κ1) is 14.1. The van der Waals surface area contributed by atoms with Crippen molar-refractivity contribution in [1.29, 1.82) is 0 Å². The minimum absolute atomic E-state index is 0.873. The average molecular weight is 332 g/mol. The Morgan fingerprint density at radius 3 is 2.85 bits per heavy atom. The topological polar surface area (TPSA) is 3.24 Å². The number of hydrogen-bond donors (Lipinski definition) is 0. The Kier molecular flexibility index (Phi) is 4.74. The molecule has 0 bridgehead atoms. The van der Waals surface area contributed by atoms with Gasteiger partial charge in [-0.1, -0.05) is 58.4 Å². The van der Waals surface area contributed by atoms with Crippen molar-refractivity contribution in [3.8, 4) is 0 Å². The molecule has 1 aliphatic rings. The molecule has 106 valence electrons. The summed E-state index contributed by atoms with van der Waals surface area (Å²) in [5.41, 5.74) is 1.47. The molecule has 1 atom stereocenters. The van der Waals surface area contributed by atoms with Crippen LogP contribution in [0.2, 0.25) is 0 Å². The van der Waals surface area contributed by atoms with Gasteiger partial charge in [0.15, 0.2) is 0 Å². The van der Waals surface area contributed by atoms with Crippen molar-refractivity contribution >= 4 is 26.7 Å². The summed E-state index contributed by atoms with van der Waals surface area (Å²) in [4.78, 5) is 2.64. The van der Waals surface area contributed by atoms with E-state index in [4.69, 9.17) is 0 Å². The molecule has 1 nitrogen and oxygen atoms in total. The molecule has 0 saturated carbocycles. The molecule has 0 aromatic heterocycles. The summed E-state index contributed by atoms with van der Waals surface area (Å²) in [6.07, 6.45) is 4.06. The van der Waals surface area contributed by atoms with E-state index in [1.165, 1.54) is 48.7 Å². The maximum Gasteiger partial charge on any atom is 0.0240 e. The van der Waals surface area contributed by atoms with Crippen LogP contribution in [0.4, 0.5) is 0 Å². The number of likely N-dealkylation sites (tertiary alicyclic amines) is 1. The number of nitrogens with zero attached hydrogens (tertiary/aromatic N) is 1. The van der Waals surface area contributed by atoms with Gasteiger partial charge < -0.3 is 0 Å². The highest BCUT2D eigenvalue weighted by molar-refractivity contribution is 9.09. The van der Waals surface area contributed by atoms with Crippen molar-refractivity contribution in [1.82, 2.24) is 4.90 Å². The number of alkyl halides is 1. The molecule has 0 spiro atoms. The lowest BCUT2D eigenvalue weighted by Crippen LogP contribution is -2.35. The Hall–Kier alpha value is -0.860. The molecule has 3 rings (SSSR count). The van der Waals surface area contributed by atoms with E-state index in [0.717, 1.165) is 17.8 Å². The number of fused-ring (bicyclic) bond motifs is 1. The Bertz CT molecular complexity index is 559. The number of hydrogen-bond acceptors (Lipinski definition) is 1. The van der Waals surface area contributed by atoms with Gasteiger partial charge in [0.2, 0.25) is 0 Å². The maximum atomic E-state index is 3.59. The van der Waals surface area contributed by atoms with Crippen LogP contribution in [0.3, 0.4) is 0 Å². The standard InChI is InChI=1S/C18H22BrN/c19-11-10-15-5-4-12-20(13-15)14-17-8-3-7-16-6-1-2-9-18(16)17/h1-3,6-9,15H,4-5,10-14H2. The number of rotatable bonds is 4. The second-order valence-electron chi connectivity index (χ2n) is 5.86. The predicted octanol–water partition coefficient (Wildman–Crippen LogP) is 4.84. The lowest BCUT2D eigenvalue weighted by molar-refractivity contribution is 0.166. The number of benzene rings is 2. The van der Waals surface area contributed by atoms with Crippen molar-refractivity contribution in [3.63, 3.8) is 0 Å². The van der Waals surface area contributed by atoms with Crippen LogP contribution in [-0.2, 0) is 6.54 Å². The molecule has 0 aliphatic carbocycles. The van der Waals surface area contributed by atoms with E-state index in [1.54, 1.807) is 0 Å². The first-order valence-electron chi connectivity index (χ1n) is 7.62. The van der Waals surface area contributed by atoms with Crippen molar-refractivity contribution in [3.05, 3.63) is 48.0 Å². The van der Waals surface area contributed by atoms with Gasteiger partial charge in [-0.25, -0.2) is 0 Å². The first-order chi connectivity index (χ1) is 9.86. The van der Waals surface area contributed by atoms with E-state index in [1.807, 2.05) is 0 Å². The molecule has 1 saturated heterocycles. The van der Waals surface area contributed by atoms with E-state index in [2.05, 4.69) is 63.3 Å². The second-order valence-corrected chi connectivity index (χ2v) is 6.65. The zero-order chi connectivity index (χ0) is 13.8. The first-order valence-corrected chi connectivity index (χ1v) is 8.74. The van der Waals surface area contributed by atoms with Crippen LogP contribution in [0.5, 0.6) is 0 Å². The minimum Gasteiger partial charge on any atom is -0.299 e. The summed E-state index contributed by atoms with van der Waals surface area (Å²) in [5, 5.41) is 3.91. The minimum atomic E-state index is 0.873. The van der Waals surface area contributed by atoms with E-state index < -0.39 is 0 Å². The summed E-state index contributed by atoms with van der Waals surface area (Å²) in [6.45, 7) is 3.61. The fraction of sp³-hybridized carbons (Fsp3) is 0.444. The van der Waals surface area contributed by atoms with Gasteiger partial charge >= 0.3 is 0 Å². The van der Waals surface area contributed by atoms with Crippen LogP contribution in [0, 0.1) is 5.92 Å². The normalized spacial score (nSPS) is 20.4. The molecule has 1 aliphatic heterocycles. The smallest absolute Gasteiger partial charge is 0.0240 e. The molecule has 1 fully saturated rings. The third-order valence-corrected chi connectivity index (χ3v) is 4.85. The monoisotopic (exact) mass is 331 g/mol. The summed E-state index contributed by atoms with van der Waals surface area (Å²) < 4.78 is 0. The molecule has 0 amide bonds. The summed E-state index contributed by atoms with van der Waals surface area (Å²) in [6, 6.07) is 15.4. The SMILES string of the molecule is BrCCC1CCCN(Cc2cccc3ccccc23)C1. The Morgan fingerprint density at radius 2 is 1.95 bits per heavy atom. The van der Waals surface area contributed by atoms with E-state index in [0.29, 0.717) is 0 Å². The molecule has 2 heteroatoms. The molecule has 1 heterocycles. The molecular formula is C18H22BrN. The van der Waals surface area contributed by atoms with Crippen LogP contribution in [0.25, 0.3) is 10.8 Å². The largest absolute Gasteiger partial charge is 0.299 e. The van der Waals surface area contributed by atoms with Gasteiger partial charge in [-0.15, -0.1) is 0 Å². The number of halogens is 1. The highest BCUT2D eigenvalue weighted by atomic mass is 79.9. The van der Waals surface area contributed by atoms with Gasteiger partial charge in [-0.3, -0.25) is 4.90 Å². The highest BCUT2D eigenvalue weighted by Crippen LogP contribution is 2.24. The zero-order valence-corrected chi connectivity index (χ0v) is 13.5. The predicted molar refractivity (Wildman–Crippen MR) is 90.4 cm³/mol. The van der Waals surface area contributed by atoms with Gasteiger partial charge in [0.1, 0.15) is 0 Å². The van der Waals surface area contributed by atoms with Crippen molar-refractivity contribution in [2.24, 2.45) is 5.92 Å². The third-order valence-electron chi connectivity index (χ3n) is 4.39. The summed E-state index contributed by atoms with van der Waals surface area (Å²) in [7, 11) is 0. The van der Waals surface area contributed by atoms with Crippen LogP contribution < -0.4 is 0 Å². The van der Waals surface area contributed by atoms with Gasteiger partial charge in [-0.05, 0) is 48.1 Å². The molecule has 1 unspecified atom stereocenters. The summed E-state index contributed by atoms with van der Waals surface area (Å²) >= 11 is 3.59. The van der Waals surface area contributed by atoms with Crippen LogP contribution in [0.1, 0.15) is 24.8 Å². The number of piperidine rings is 1. The van der Waals surface area contributed by atoms with Gasteiger partial charge in [0, 0.05) is 18.4 Å². The van der Waals surface area contributed by atoms with E-state index in [-0.39, 0.29) is 0 Å². The average Bonchev–Trinajstić information content (AvgIpc) is 2.48. The van der Waals surface area contributed by atoms with Crippen LogP contribution in [-0.4, -0.2) is 23.3 Å². The van der Waals surface area contributed by atoms with E-state index >= 15 is 0 Å². The molecular weight excluding hydrogens is 310 g/mol. The van der Waals surface area contributed by atoms with Crippen LogP contribution in [0.15, 0.2) is 42.5 Å².